The number of morpholine rings is 1. The lowest BCUT2D eigenvalue weighted by molar-refractivity contribution is -0.139. The van der Waals surface area contributed by atoms with E-state index in [1.54, 1.807) is 0 Å². The van der Waals surface area contributed by atoms with Gasteiger partial charge in [0.15, 0.2) is 0 Å². The number of benzene rings is 1. The van der Waals surface area contributed by atoms with Crippen molar-refractivity contribution in [1.29, 1.82) is 0 Å². The van der Waals surface area contributed by atoms with E-state index in [1.165, 1.54) is 0 Å². The number of carbonyl (C=O) groups is 1. The van der Waals surface area contributed by atoms with Gasteiger partial charge in [-0.05, 0) is 12.5 Å². The van der Waals surface area contributed by atoms with E-state index in [4.69, 9.17) is 4.74 Å². The third-order valence-corrected chi connectivity index (χ3v) is 3.54. The van der Waals surface area contributed by atoms with Crippen LogP contribution in [0.2, 0.25) is 0 Å². The molecule has 1 saturated heterocycles. The van der Waals surface area contributed by atoms with Gasteiger partial charge in [-0.2, -0.15) is 0 Å². The van der Waals surface area contributed by atoms with E-state index < -0.39 is 12.0 Å². The minimum absolute atomic E-state index is 0.642. The van der Waals surface area contributed by atoms with Crippen molar-refractivity contribution in [2.24, 2.45) is 0 Å². The Morgan fingerprint density at radius 1 is 1.35 bits per heavy atom. The molecule has 1 atom stereocenters. The van der Waals surface area contributed by atoms with Gasteiger partial charge in [0, 0.05) is 26.2 Å². The smallest absolute Gasteiger partial charge is 0.325 e. The van der Waals surface area contributed by atoms with Crippen LogP contribution in [0.15, 0.2) is 24.3 Å². The lowest BCUT2D eigenvalue weighted by atomic mass is 10.1. The maximum atomic E-state index is 11.4. The Balaban J connectivity index is 1.86. The molecule has 1 unspecified atom stereocenters. The molecule has 1 aromatic carbocycles. The van der Waals surface area contributed by atoms with Crippen LogP contribution >= 0.6 is 0 Å². The van der Waals surface area contributed by atoms with Gasteiger partial charge in [0.1, 0.15) is 6.04 Å². The number of rotatable bonds is 6. The van der Waals surface area contributed by atoms with Gasteiger partial charge in [-0.1, -0.05) is 29.8 Å². The molecule has 5 nitrogen and oxygen atoms in total. The topological polar surface area (TPSA) is 61.8 Å². The van der Waals surface area contributed by atoms with Gasteiger partial charge in [-0.3, -0.25) is 15.0 Å². The summed E-state index contributed by atoms with van der Waals surface area (Å²) in [6.45, 7) is 6.86. The van der Waals surface area contributed by atoms with Crippen molar-refractivity contribution in [2.75, 3.05) is 39.4 Å². The van der Waals surface area contributed by atoms with Gasteiger partial charge in [-0.25, -0.2) is 0 Å². The number of nitrogens with zero attached hydrogens (tertiary/aromatic N) is 1. The molecule has 2 N–H and O–H groups in total. The zero-order chi connectivity index (χ0) is 14.4. The zero-order valence-electron chi connectivity index (χ0n) is 11.8. The van der Waals surface area contributed by atoms with Gasteiger partial charge in [0.05, 0.1) is 13.2 Å². The van der Waals surface area contributed by atoms with Crippen LogP contribution in [0, 0.1) is 6.92 Å². The number of ether oxygens (including phenoxy) is 1. The molecular formula is C15H22N2O3. The van der Waals surface area contributed by atoms with Gasteiger partial charge in [0.2, 0.25) is 0 Å². The van der Waals surface area contributed by atoms with Crippen LogP contribution in [-0.4, -0.2) is 55.4 Å². The quantitative estimate of drug-likeness (QED) is 0.814. The Bertz CT molecular complexity index is 427. The molecule has 110 valence electrons. The fourth-order valence-corrected chi connectivity index (χ4v) is 2.30. The molecule has 1 aliphatic heterocycles. The molecule has 1 heterocycles. The van der Waals surface area contributed by atoms with Crippen molar-refractivity contribution in [3.63, 3.8) is 0 Å². The maximum absolute atomic E-state index is 11.4. The van der Waals surface area contributed by atoms with E-state index in [1.807, 2.05) is 31.2 Å². The summed E-state index contributed by atoms with van der Waals surface area (Å²) >= 11 is 0. The van der Waals surface area contributed by atoms with Crippen molar-refractivity contribution in [2.45, 2.75) is 13.0 Å². The average molecular weight is 278 g/mol. The monoisotopic (exact) mass is 278 g/mol. The zero-order valence-corrected chi connectivity index (χ0v) is 11.8. The molecule has 20 heavy (non-hydrogen) atoms. The summed E-state index contributed by atoms with van der Waals surface area (Å²) in [4.78, 5) is 13.7. The minimum Gasteiger partial charge on any atom is -0.480 e. The van der Waals surface area contributed by atoms with E-state index in [2.05, 4.69) is 10.2 Å². The van der Waals surface area contributed by atoms with Gasteiger partial charge < -0.3 is 9.84 Å². The van der Waals surface area contributed by atoms with Crippen LogP contribution in [0.4, 0.5) is 0 Å². The molecule has 5 heteroatoms. The molecule has 0 radical (unpaired) electrons. The third kappa shape index (κ3) is 4.30. The van der Waals surface area contributed by atoms with Gasteiger partial charge >= 0.3 is 5.97 Å². The lowest BCUT2D eigenvalue weighted by Crippen LogP contribution is -2.41. The van der Waals surface area contributed by atoms with Crippen LogP contribution in [0.25, 0.3) is 0 Å². The SMILES string of the molecule is Cc1ccc(C(NCCN2CCOCC2)C(=O)O)cc1. The van der Waals surface area contributed by atoms with Crippen molar-refractivity contribution in [1.82, 2.24) is 10.2 Å². The minimum atomic E-state index is -0.837. The average Bonchev–Trinajstić information content (AvgIpc) is 2.46. The third-order valence-electron chi connectivity index (χ3n) is 3.54. The Hall–Kier alpha value is -1.43. The Labute approximate surface area is 119 Å². The van der Waals surface area contributed by atoms with Crippen LogP contribution in [-0.2, 0) is 9.53 Å². The number of hydrogen-bond donors (Lipinski definition) is 2. The van der Waals surface area contributed by atoms with E-state index >= 15 is 0 Å². The van der Waals surface area contributed by atoms with E-state index in [0.717, 1.165) is 44.0 Å². The van der Waals surface area contributed by atoms with Crippen LogP contribution in [0.5, 0.6) is 0 Å². The first-order chi connectivity index (χ1) is 9.66. The predicted molar refractivity (Wildman–Crippen MR) is 76.8 cm³/mol. The van der Waals surface area contributed by atoms with E-state index in [-0.39, 0.29) is 0 Å². The molecule has 2 rings (SSSR count). The predicted octanol–water partition coefficient (Wildman–Crippen LogP) is 1.04. The largest absolute Gasteiger partial charge is 0.480 e. The van der Waals surface area contributed by atoms with Gasteiger partial charge in [0.25, 0.3) is 0 Å². The highest BCUT2D eigenvalue weighted by atomic mass is 16.5. The number of aliphatic carboxylic acids is 1. The summed E-state index contributed by atoms with van der Waals surface area (Å²) in [6, 6.07) is 6.98. The number of hydrogen-bond acceptors (Lipinski definition) is 4. The molecule has 0 amide bonds. The van der Waals surface area contributed by atoms with E-state index in [0.29, 0.717) is 6.54 Å². The van der Waals surface area contributed by atoms with Crippen LogP contribution < -0.4 is 5.32 Å². The van der Waals surface area contributed by atoms with Crippen molar-refractivity contribution in [3.05, 3.63) is 35.4 Å². The van der Waals surface area contributed by atoms with E-state index in [9.17, 15) is 9.90 Å². The fourth-order valence-electron chi connectivity index (χ4n) is 2.30. The highest BCUT2D eigenvalue weighted by Crippen LogP contribution is 2.14. The number of nitrogens with one attached hydrogen (secondary N) is 1. The Morgan fingerprint density at radius 2 is 2.00 bits per heavy atom. The molecule has 1 fully saturated rings. The van der Waals surface area contributed by atoms with Crippen molar-refractivity contribution < 1.29 is 14.6 Å². The number of carboxylic acids is 1. The highest BCUT2D eigenvalue weighted by Gasteiger charge is 2.19. The maximum Gasteiger partial charge on any atom is 0.325 e. The Morgan fingerprint density at radius 3 is 2.60 bits per heavy atom. The number of aryl methyl sites for hydroxylation is 1. The fraction of sp³-hybridized carbons (Fsp3) is 0.533. The summed E-state index contributed by atoms with van der Waals surface area (Å²) in [5.41, 5.74) is 1.93. The molecule has 0 aliphatic carbocycles. The normalized spacial score (nSPS) is 17.9. The Kier molecular flexibility index (Phi) is 5.52. The van der Waals surface area contributed by atoms with Crippen LogP contribution in [0.3, 0.4) is 0 Å². The molecule has 0 bridgehead atoms. The van der Waals surface area contributed by atoms with Crippen molar-refractivity contribution >= 4 is 5.97 Å². The molecule has 1 aliphatic rings. The molecular weight excluding hydrogens is 256 g/mol. The standard InChI is InChI=1S/C15H22N2O3/c1-12-2-4-13(5-3-12)14(15(18)19)16-6-7-17-8-10-20-11-9-17/h2-5,14,16H,6-11H2,1H3,(H,18,19). The first-order valence-electron chi connectivity index (χ1n) is 6.99. The number of carboxylic acid groups (broad SMARTS) is 1. The second kappa shape index (κ2) is 7.38. The first kappa shape index (κ1) is 15.0. The van der Waals surface area contributed by atoms with Crippen molar-refractivity contribution in [3.8, 4) is 0 Å². The highest BCUT2D eigenvalue weighted by molar-refractivity contribution is 5.75. The lowest BCUT2D eigenvalue weighted by Gasteiger charge is -2.27. The summed E-state index contributed by atoms with van der Waals surface area (Å²) in [7, 11) is 0. The molecule has 0 spiro atoms. The summed E-state index contributed by atoms with van der Waals surface area (Å²) in [5, 5.41) is 12.5. The summed E-state index contributed by atoms with van der Waals surface area (Å²) in [6.07, 6.45) is 0. The summed E-state index contributed by atoms with van der Waals surface area (Å²) in [5.74, 6) is -0.837. The molecule has 1 aromatic rings. The molecule has 0 saturated carbocycles. The second-order valence-electron chi connectivity index (χ2n) is 5.09. The van der Waals surface area contributed by atoms with Crippen LogP contribution in [0.1, 0.15) is 17.2 Å². The molecule has 0 aromatic heterocycles. The second-order valence-corrected chi connectivity index (χ2v) is 5.09. The first-order valence-corrected chi connectivity index (χ1v) is 6.99. The summed E-state index contributed by atoms with van der Waals surface area (Å²) < 4.78 is 5.29. The van der Waals surface area contributed by atoms with Gasteiger partial charge in [-0.15, -0.1) is 0 Å².